The van der Waals surface area contributed by atoms with Crippen LogP contribution in [0.2, 0.25) is 0 Å². The molecular weight excluding hydrogens is 612 g/mol. The Kier molecular flexibility index (Phi) is 18.1. The summed E-state index contributed by atoms with van der Waals surface area (Å²) >= 11 is 0. The van der Waals surface area contributed by atoms with Crippen molar-refractivity contribution in [1.82, 2.24) is 21.3 Å². The monoisotopic (exact) mass is 652 g/mol. The van der Waals surface area contributed by atoms with Crippen LogP contribution in [0, 0.1) is 63.2 Å². The standard InChI is InChI=1S/2C17H20N3O2.Fe/c2*18-10-11-19-17(22)15(12-13-6-2-1-3-7-13)20-16(21)14-8-4-5-9-14;/h2*1-9,15H,10-12,18H2,(H,19,22)(H,20,21);/q;;+2/t2*15-;/m00./s1. The molecule has 4 amide bonds. The first-order valence-corrected chi connectivity index (χ1v) is 14.5. The molecule has 2 aromatic carbocycles. The van der Waals surface area contributed by atoms with Gasteiger partial charge in [0, 0.05) is 39.0 Å². The number of carbonyl (C=O) groups excluding carboxylic acids is 4. The van der Waals surface area contributed by atoms with Crippen molar-refractivity contribution in [2.24, 2.45) is 11.5 Å². The fraction of sp³-hybridized carbons (Fsp3) is 0.235. The van der Waals surface area contributed by atoms with Gasteiger partial charge in [-0.05, 0) is 62.5 Å². The quantitative estimate of drug-likeness (QED) is 0.162. The van der Waals surface area contributed by atoms with Crippen LogP contribution < -0.4 is 32.7 Å². The van der Waals surface area contributed by atoms with Gasteiger partial charge in [0.1, 0.15) is 12.1 Å². The number of carbonyl (C=O) groups is 4. The van der Waals surface area contributed by atoms with Crippen LogP contribution in [0.15, 0.2) is 60.7 Å². The minimum absolute atomic E-state index is 0. The smallest absolute Gasteiger partial charge is 0.353 e. The Bertz CT molecular complexity index is 1070. The predicted molar refractivity (Wildman–Crippen MR) is 169 cm³/mol. The van der Waals surface area contributed by atoms with E-state index < -0.39 is 12.1 Å². The maximum atomic E-state index is 12.2. The Labute approximate surface area is 278 Å². The van der Waals surface area contributed by atoms with Gasteiger partial charge in [-0.15, -0.1) is 0 Å². The van der Waals surface area contributed by atoms with E-state index in [4.69, 9.17) is 11.5 Å². The second-order valence-corrected chi connectivity index (χ2v) is 9.94. The molecule has 0 aromatic heterocycles. The zero-order valence-electron chi connectivity index (χ0n) is 24.9. The topological polar surface area (TPSA) is 168 Å². The van der Waals surface area contributed by atoms with E-state index in [-0.39, 0.29) is 40.7 Å². The largest absolute Gasteiger partial charge is 2.00 e. The summed E-state index contributed by atoms with van der Waals surface area (Å²) in [7, 11) is 0. The Morgan fingerprint density at radius 1 is 0.556 bits per heavy atom. The maximum absolute atomic E-state index is 12.2. The van der Waals surface area contributed by atoms with Gasteiger partial charge < -0.3 is 32.7 Å². The summed E-state index contributed by atoms with van der Waals surface area (Å²) in [6, 6.07) is 17.9. The molecule has 4 rings (SSSR count). The molecule has 236 valence electrons. The van der Waals surface area contributed by atoms with Crippen LogP contribution in [0.4, 0.5) is 0 Å². The molecule has 2 atom stereocenters. The molecule has 0 unspecified atom stereocenters. The van der Waals surface area contributed by atoms with E-state index in [9.17, 15) is 19.2 Å². The summed E-state index contributed by atoms with van der Waals surface area (Å²) in [4.78, 5) is 48.8. The molecule has 0 heterocycles. The van der Waals surface area contributed by atoms with E-state index in [1.165, 1.54) is 0 Å². The van der Waals surface area contributed by atoms with E-state index in [2.05, 4.69) is 21.3 Å². The maximum Gasteiger partial charge on any atom is 2.00 e. The van der Waals surface area contributed by atoms with Crippen molar-refractivity contribution in [2.75, 3.05) is 26.2 Å². The van der Waals surface area contributed by atoms with Crippen LogP contribution in [-0.2, 0) is 49.1 Å². The van der Waals surface area contributed by atoms with Gasteiger partial charge in [0.2, 0.25) is 23.6 Å². The number of benzene rings is 2. The van der Waals surface area contributed by atoms with Crippen molar-refractivity contribution < 1.29 is 36.2 Å². The van der Waals surface area contributed by atoms with Gasteiger partial charge in [0.25, 0.3) is 0 Å². The summed E-state index contributed by atoms with van der Waals surface area (Å²) in [5.74, 6) is 0.125. The molecule has 0 saturated heterocycles. The van der Waals surface area contributed by atoms with E-state index in [0.717, 1.165) is 11.1 Å². The van der Waals surface area contributed by atoms with Crippen molar-refractivity contribution >= 4 is 23.6 Å². The molecule has 8 N–H and O–H groups in total. The van der Waals surface area contributed by atoms with Gasteiger partial charge in [0.15, 0.2) is 0 Å². The van der Waals surface area contributed by atoms with Gasteiger partial charge in [-0.1, -0.05) is 60.7 Å². The van der Waals surface area contributed by atoms with Crippen LogP contribution >= 0.6 is 0 Å². The van der Waals surface area contributed by atoms with Crippen LogP contribution in [0.3, 0.4) is 0 Å². The minimum atomic E-state index is -0.628. The molecule has 2 aliphatic carbocycles. The summed E-state index contributed by atoms with van der Waals surface area (Å²) in [6.45, 7) is 1.49. The molecule has 0 bridgehead atoms. The van der Waals surface area contributed by atoms with E-state index >= 15 is 0 Å². The number of rotatable bonds is 14. The predicted octanol–water partition coefficient (Wildman–Crippen LogP) is 0.386. The van der Waals surface area contributed by atoms with Gasteiger partial charge in [-0.2, -0.15) is 0 Å². The molecule has 0 spiro atoms. The SMILES string of the molecule is NCCNC(=O)[C@H](Cc1ccccc1)NC(=O)[C]1[CH][CH][CH][CH]1.NCCNC(=O)[C@H](Cc1ccccc1)NC(=O)[C]1[CH][CH][CH][CH]1.[Fe+2]. The van der Waals surface area contributed by atoms with Gasteiger partial charge in [-0.25, -0.2) is 0 Å². The first kappa shape index (κ1) is 37.9. The minimum Gasteiger partial charge on any atom is -0.353 e. The van der Waals surface area contributed by atoms with Crippen LogP contribution in [0.5, 0.6) is 0 Å². The third kappa shape index (κ3) is 13.7. The van der Waals surface area contributed by atoms with Crippen molar-refractivity contribution in [3.63, 3.8) is 0 Å². The average Bonchev–Trinajstić information content (AvgIpc) is 3.79. The summed E-state index contributed by atoms with van der Waals surface area (Å²) in [5.41, 5.74) is 12.8. The van der Waals surface area contributed by atoms with Gasteiger partial charge in [0.05, 0.1) is 11.8 Å². The Hall–Kier alpha value is -3.24. The van der Waals surface area contributed by atoms with Crippen LogP contribution in [0.25, 0.3) is 0 Å². The van der Waals surface area contributed by atoms with E-state index in [0.29, 0.717) is 50.9 Å². The van der Waals surface area contributed by atoms with Crippen molar-refractivity contribution in [3.05, 3.63) is 135 Å². The molecule has 2 saturated carbocycles. The number of nitrogens with two attached hydrogens (primary N) is 2. The number of amides is 4. The average molecular weight is 653 g/mol. The fourth-order valence-electron chi connectivity index (χ4n) is 4.29. The second-order valence-electron chi connectivity index (χ2n) is 9.94. The molecule has 10 nitrogen and oxygen atoms in total. The Morgan fingerprint density at radius 2 is 0.889 bits per heavy atom. The third-order valence-electron chi connectivity index (χ3n) is 6.55. The molecule has 45 heavy (non-hydrogen) atoms. The number of hydrogen-bond donors (Lipinski definition) is 6. The van der Waals surface area contributed by atoms with Gasteiger partial charge >= 0.3 is 17.1 Å². The first-order valence-electron chi connectivity index (χ1n) is 14.5. The zero-order chi connectivity index (χ0) is 31.6. The van der Waals surface area contributed by atoms with Crippen LogP contribution in [0.1, 0.15) is 11.1 Å². The first-order chi connectivity index (χ1) is 21.4. The molecule has 11 heteroatoms. The number of hydrogen-bond acceptors (Lipinski definition) is 6. The molecule has 2 aliphatic rings. The van der Waals surface area contributed by atoms with Gasteiger partial charge in [-0.3, -0.25) is 19.2 Å². The van der Waals surface area contributed by atoms with Crippen molar-refractivity contribution in [2.45, 2.75) is 24.9 Å². The normalized spacial score (nSPS) is 15.9. The third-order valence-corrected chi connectivity index (χ3v) is 6.55. The Balaban J connectivity index is 0.000000307. The van der Waals surface area contributed by atoms with Crippen molar-refractivity contribution in [1.29, 1.82) is 0 Å². The molecule has 2 aromatic rings. The molecule has 0 aliphatic heterocycles. The van der Waals surface area contributed by atoms with Crippen LogP contribution in [-0.4, -0.2) is 61.9 Å². The second kappa shape index (κ2) is 21.5. The zero-order valence-corrected chi connectivity index (χ0v) is 26.0. The van der Waals surface area contributed by atoms with Crippen molar-refractivity contribution in [3.8, 4) is 0 Å². The molecule has 10 radical (unpaired) electrons. The fourth-order valence-corrected chi connectivity index (χ4v) is 4.29. The van der Waals surface area contributed by atoms with E-state index in [1.807, 2.05) is 60.7 Å². The summed E-state index contributed by atoms with van der Waals surface area (Å²) in [6.07, 6.45) is 14.9. The summed E-state index contributed by atoms with van der Waals surface area (Å²) in [5, 5.41) is 11.0. The summed E-state index contributed by atoms with van der Waals surface area (Å²) < 4.78 is 0. The molecular formula is C34H40FeN6O4+2. The van der Waals surface area contributed by atoms with E-state index in [1.54, 1.807) is 51.4 Å². The Morgan fingerprint density at radius 3 is 1.20 bits per heavy atom. The molecule has 2 fully saturated rings. The number of nitrogens with one attached hydrogen (secondary N) is 4.